The summed E-state index contributed by atoms with van der Waals surface area (Å²) >= 11 is 0. The molecule has 0 aromatic rings. The van der Waals surface area contributed by atoms with Gasteiger partial charge in [0.05, 0.1) is 11.7 Å². The minimum Gasteiger partial charge on any atom is -0.372 e. The minimum absolute atomic E-state index is 0.0475. The van der Waals surface area contributed by atoms with Gasteiger partial charge < -0.3 is 4.74 Å². The molecule has 0 aromatic carbocycles. The van der Waals surface area contributed by atoms with Crippen LogP contribution in [0.25, 0.3) is 0 Å². The first-order valence-electron chi connectivity index (χ1n) is 6.91. The lowest BCUT2D eigenvalue weighted by atomic mass is 9.88. The summed E-state index contributed by atoms with van der Waals surface area (Å²) in [6.07, 6.45) is 8.14. The Morgan fingerprint density at radius 1 is 0.875 bits per heavy atom. The molecule has 0 amide bonds. The molecule has 16 heavy (non-hydrogen) atoms. The van der Waals surface area contributed by atoms with Gasteiger partial charge in [-0.25, -0.2) is 0 Å². The Kier molecular flexibility index (Phi) is 1.66. The molecule has 4 fully saturated rings. The van der Waals surface area contributed by atoms with Gasteiger partial charge in [0.25, 0.3) is 0 Å². The minimum atomic E-state index is 0.0475. The third-order valence-corrected chi connectivity index (χ3v) is 5.40. The van der Waals surface area contributed by atoms with Crippen LogP contribution in [0.4, 0.5) is 0 Å². The van der Waals surface area contributed by atoms with Gasteiger partial charge in [-0.3, -0.25) is 0 Å². The van der Waals surface area contributed by atoms with Crippen molar-refractivity contribution in [3.05, 3.63) is 12.2 Å². The van der Waals surface area contributed by atoms with Crippen molar-refractivity contribution in [3.63, 3.8) is 0 Å². The fourth-order valence-corrected chi connectivity index (χ4v) is 5.24. The van der Waals surface area contributed by atoms with Crippen molar-refractivity contribution >= 4 is 0 Å². The van der Waals surface area contributed by atoms with Crippen LogP contribution in [0, 0.1) is 35.5 Å². The predicted octanol–water partition coefficient (Wildman–Crippen LogP) is 3.26. The quantitative estimate of drug-likeness (QED) is 0.614. The van der Waals surface area contributed by atoms with Crippen LogP contribution >= 0.6 is 0 Å². The van der Waals surface area contributed by atoms with Gasteiger partial charge in [0, 0.05) is 0 Å². The SMILES string of the molecule is CC(C)(C)OC1C2C3CC=CCC2C2C3C12. The molecule has 0 radical (unpaired) electrons. The van der Waals surface area contributed by atoms with Crippen LogP contribution in [-0.4, -0.2) is 11.7 Å². The highest BCUT2D eigenvalue weighted by Gasteiger charge is 2.77. The molecule has 5 aliphatic carbocycles. The fourth-order valence-electron chi connectivity index (χ4n) is 5.24. The third-order valence-electron chi connectivity index (χ3n) is 5.40. The van der Waals surface area contributed by atoms with E-state index in [1.54, 1.807) is 0 Å². The summed E-state index contributed by atoms with van der Waals surface area (Å²) in [4.78, 5) is 0. The summed E-state index contributed by atoms with van der Waals surface area (Å²) in [6.45, 7) is 6.63. The first-order chi connectivity index (χ1) is 7.58. The van der Waals surface area contributed by atoms with E-state index in [1.807, 2.05) is 0 Å². The molecular formula is C15H22O. The van der Waals surface area contributed by atoms with E-state index in [1.165, 1.54) is 12.8 Å². The number of allylic oxidation sites excluding steroid dienone is 2. The molecular weight excluding hydrogens is 196 g/mol. The smallest absolute Gasteiger partial charge is 0.0649 e. The Morgan fingerprint density at radius 2 is 1.44 bits per heavy atom. The second-order valence-corrected chi connectivity index (χ2v) is 7.27. The molecule has 0 heterocycles. The van der Waals surface area contributed by atoms with Gasteiger partial charge in [-0.05, 0) is 69.1 Å². The summed E-state index contributed by atoms with van der Waals surface area (Å²) in [6, 6.07) is 0. The molecule has 5 unspecified atom stereocenters. The highest BCUT2D eigenvalue weighted by Crippen LogP contribution is 2.78. The van der Waals surface area contributed by atoms with Crippen molar-refractivity contribution in [2.24, 2.45) is 35.5 Å². The molecule has 0 aliphatic heterocycles. The van der Waals surface area contributed by atoms with E-state index in [2.05, 4.69) is 32.9 Å². The summed E-state index contributed by atoms with van der Waals surface area (Å²) < 4.78 is 6.37. The van der Waals surface area contributed by atoms with E-state index in [-0.39, 0.29) is 5.60 Å². The lowest BCUT2D eigenvalue weighted by Gasteiger charge is -2.30. The van der Waals surface area contributed by atoms with Crippen LogP contribution in [0.1, 0.15) is 33.6 Å². The maximum atomic E-state index is 6.37. The van der Waals surface area contributed by atoms with Crippen LogP contribution in [0.3, 0.4) is 0 Å². The summed E-state index contributed by atoms with van der Waals surface area (Å²) in [5.41, 5.74) is 0.0475. The summed E-state index contributed by atoms with van der Waals surface area (Å²) in [5.74, 6) is 5.89. The van der Waals surface area contributed by atoms with Crippen LogP contribution in [0.2, 0.25) is 0 Å². The Morgan fingerprint density at radius 3 is 1.94 bits per heavy atom. The predicted molar refractivity (Wildman–Crippen MR) is 63.9 cm³/mol. The third kappa shape index (κ3) is 1.06. The van der Waals surface area contributed by atoms with Crippen LogP contribution in [-0.2, 0) is 4.74 Å². The molecule has 6 bridgehead atoms. The molecule has 0 aromatic heterocycles. The zero-order valence-electron chi connectivity index (χ0n) is 10.5. The van der Waals surface area contributed by atoms with Crippen molar-refractivity contribution in [2.45, 2.75) is 45.3 Å². The van der Waals surface area contributed by atoms with Crippen molar-refractivity contribution in [2.75, 3.05) is 0 Å². The van der Waals surface area contributed by atoms with Gasteiger partial charge in [0.1, 0.15) is 0 Å². The monoisotopic (exact) mass is 218 g/mol. The Bertz CT molecular complexity index is 329. The van der Waals surface area contributed by atoms with Crippen molar-refractivity contribution in [3.8, 4) is 0 Å². The maximum Gasteiger partial charge on any atom is 0.0649 e. The molecule has 0 N–H and O–H groups in total. The second-order valence-electron chi connectivity index (χ2n) is 7.27. The van der Waals surface area contributed by atoms with E-state index in [9.17, 15) is 0 Å². The summed E-state index contributed by atoms with van der Waals surface area (Å²) in [5, 5.41) is 0. The standard InChI is InChI=1S/C15H22O/c1-15(2,3)16-14-10-8-6-4-5-7-9(10)12-11(8)13(12)14/h4-5,8-14H,6-7H2,1-3H3. The average Bonchev–Trinajstić information content (AvgIpc) is 2.62. The molecule has 1 heteroatoms. The number of hydrogen-bond donors (Lipinski definition) is 0. The first kappa shape index (κ1) is 9.70. The van der Waals surface area contributed by atoms with E-state index >= 15 is 0 Å². The topological polar surface area (TPSA) is 9.23 Å². The fraction of sp³-hybridized carbons (Fsp3) is 0.867. The molecule has 0 saturated heterocycles. The van der Waals surface area contributed by atoms with Crippen LogP contribution in [0.5, 0.6) is 0 Å². The van der Waals surface area contributed by atoms with Gasteiger partial charge in [-0.15, -0.1) is 0 Å². The number of ether oxygens (including phenoxy) is 1. The number of hydrogen-bond acceptors (Lipinski definition) is 1. The highest BCUT2D eigenvalue weighted by atomic mass is 16.5. The van der Waals surface area contributed by atoms with Crippen LogP contribution in [0.15, 0.2) is 12.2 Å². The average molecular weight is 218 g/mol. The lowest BCUT2D eigenvalue weighted by Crippen LogP contribution is -2.32. The molecule has 88 valence electrons. The zero-order chi connectivity index (χ0) is 11.1. The highest BCUT2D eigenvalue weighted by molar-refractivity contribution is 5.27. The Hall–Kier alpha value is -0.300. The van der Waals surface area contributed by atoms with Crippen molar-refractivity contribution in [1.82, 2.24) is 0 Å². The molecule has 4 saturated carbocycles. The first-order valence-corrected chi connectivity index (χ1v) is 6.91. The van der Waals surface area contributed by atoms with Crippen LogP contribution < -0.4 is 0 Å². The van der Waals surface area contributed by atoms with Gasteiger partial charge in [-0.2, -0.15) is 0 Å². The van der Waals surface area contributed by atoms with Crippen molar-refractivity contribution < 1.29 is 4.74 Å². The zero-order valence-corrected chi connectivity index (χ0v) is 10.5. The second kappa shape index (κ2) is 2.75. The molecule has 0 spiro atoms. The Balaban J connectivity index is 1.62. The van der Waals surface area contributed by atoms with E-state index in [0.29, 0.717) is 6.10 Å². The van der Waals surface area contributed by atoms with Gasteiger partial charge in [0.2, 0.25) is 0 Å². The molecule has 5 atom stereocenters. The van der Waals surface area contributed by atoms with E-state index in [0.717, 1.165) is 35.5 Å². The van der Waals surface area contributed by atoms with Gasteiger partial charge in [0.15, 0.2) is 0 Å². The number of rotatable bonds is 1. The Labute approximate surface area is 98.2 Å². The molecule has 5 rings (SSSR count). The molecule has 1 nitrogen and oxygen atoms in total. The summed E-state index contributed by atoms with van der Waals surface area (Å²) in [7, 11) is 0. The normalized spacial score (nSPS) is 56.6. The lowest BCUT2D eigenvalue weighted by molar-refractivity contribution is -0.0829. The molecule has 5 aliphatic rings. The van der Waals surface area contributed by atoms with Crippen molar-refractivity contribution in [1.29, 1.82) is 0 Å². The van der Waals surface area contributed by atoms with E-state index < -0.39 is 0 Å². The largest absolute Gasteiger partial charge is 0.372 e. The van der Waals surface area contributed by atoms with Gasteiger partial charge >= 0.3 is 0 Å². The maximum absolute atomic E-state index is 6.37. The van der Waals surface area contributed by atoms with E-state index in [4.69, 9.17) is 4.74 Å². The van der Waals surface area contributed by atoms with Gasteiger partial charge in [-0.1, -0.05) is 12.2 Å².